The van der Waals surface area contributed by atoms with Crippen molar-refractivity contribution in [2.75, 3.05) is 39.0 Å². The summed E-state index contributed by atoms with van der Waals surface area (Å²) in [6.45, 7) is 5.66. The number of aromatic nitrogens is 1. The van der Waals surface area contributed by atoms with Crippen molar-refractivity contribution in [1.82, 2.24) is 14.4 Å². The highest BCUT2D eigenvalue weighted by Gasteiger charge is 2.15. The number of aryl methyl sites for hydroxylation is 1. The number of rotatable bonds is 2. The highest BCUT2D eigenvalue weighted by Crippen LogP contribution is 2.22. The van der Waals surface area contributed by atoms with E-state index in [0.717, 1.165) is 38.4 Å². The highest BCUT2D eigenvalue weighted by molar-refractivity contribution is 5.84. The van der Waals surface area contributed by atoms with Crippen LogP contribution < -0.4 is 5.73 Å². The van der Waals surface area contributed by atoms with Crippen molar-refractivity contribution >= 4 is 16.6 Å². The van der Waals surface area contributed by atoms with Crippen LogP contribution in [0.1, 0.15) is 5.69 Å². The normalized spacial score (nSPS) is 18.2. The van der Waals surface area contributed by atoms with Crippen LogP contribution in [-0.4, -0.2) is 47.6 Å². The number of nitrogen functional groups attached to an aromatic ring is 1. The van der Waals surface area contributed by atoms with Crippen LogP contribution in [-0.2, 0) is 13.6 Å². The Morgan fingerprint density at radius 2 is 1.79 bits per heavy atom. The number of fused-ring (bicyclic) bond motifs is 1. The van der Waals surface area contributed by atoms with E-state index in [2.05, 4.69) is 46.7 Å². The van der Waals surface area contributed by atoms with Gasteiger partial charge in [-0.25, -0.2) is 0 Å². The first-order valence-electron chi connectivity index (χ1n) is 6.88. The number of likely N-dealkylation sites (N-methyl/N-ethyl adjacent to an activating group) is 1. The van der Waals surface area contributed by atoms with Crippen LogP contribution in [0.3, 0.4) is 0 Å². The van der Waals surface area contributed by atoms with Gasteiger partial charge in [-0.1, -0.05) is 6.07 Å². The van der Waals surface area contributed by atoms with Gasteiger partial charge in [-0.3, -0.25) is 4.90 Å². The SMILES string of the molecule is CN1CCN(Cc2cc3ccc(N)cc3n2C)CC1. The third-order valence-corrected chi connectivity index (χ3v) is 4.15. The Morgan fingerprint density at radius 1 is 1.05 bits per heavy atom. The molecule has 4 heteroatoms. The van der Waals surface area contributed by atoms with Crippen LogP contribution in [0.5, 0.6) is 0 Å². The molecule has 1 aliphatic rings. The van der Waals surface area contributed by atoms with Crippen LogP contribution in [0, 0.1) is 0 Å². The van der Waals surface area contributed by atoms with Crippen LogP contribution in [0.2, 0.25) is 0 Å². The molecule has 0 aliphatic carbocycles. The van der Waals surface area contributed by atoms with Gasteiger partial charge in [-0.15, -0.1) is 0 Å². The molecule has 2 heterocycles. The molecular formula is C15H22N4. The predicted molar refractivity (Wildman–Crippen MR) is 80.1 cm³/mol. The molecular weight excluding hydrogens is 236 g/mol. The summed E-state index contributed by atoms with van der Waals surface area (Å²) >= 11 is 0. The molecule has 1 aliphatic heterocycles. The van der Waals surface area contributed by atoms with E-state index in [1.54, 1.807) is 0 Å². The van der Waals surface area contributed by atoms with Crippen molar-refractivity contribution < 1.29 is 0 Å². The summed E-state index contributed by atoms with van der Waals surface area (Å²) in [7, 11) is 4.32. The molecule has 2 N–H and O–H groups in total. The lowest BCUT2D eigenvalue weighted by atomic mass is 10.2. The Kier molecular flexibility index (Phi) is 3.21. The fourth-order valence-electron chi connectivity index (χ4n) is 2.79. The van der Waals surface area contributed by atoms with E-state index < -0.39 is 0 Å². The largest absolute Gasteiger partial charge is 0.399 e. The average Bonchev–Trinajstić information content (AvgIpc) is 2.70. The summed E-state index contributed by atoms with van der Waals surface area (Å²) in [5.74, 6) is 0. The molecule has 19 heavy (non-hydrogen) atoms. The lowest BCUT2D eigenvalue weighted by Gasteiger charge is -2.32. The standard InChI is InChI=1S/C15H22N4/c1-17-5-7-19(8-6-17)11-14-9-12-3-4-13(16)10-15(12)18(14)2/h3-4,9-10H,5-8,11,16H2,1-2H3. The number of benzene rings is 1. The van der Waals surface area contributed by atoms with Gasteiger partial charge in [0.1, 0.15) is 0 Å². The van der Waals surface area contributed by atoms with Crippen molar-refractivity contribution in [1.29, 1.82) is 0 Å². The van der Waals surface area contributed by atoms with Crippen LogP contribution in [0.15, 0.2) is 24.3 Å². The summed E-state index contributed by atoms with van der Waals surface area (Å²) in [5.41, 5.74) is 9.30. The zero-order valence-corrected chi connectivity index (χ0v) is 11.8. The van der Waals surface area contributed by atoms with Crippen LogP contribution in [0.4, 0.5) is 5.69 Å². The first kappa shape index (κ1) is 12.5. The lowest BCUT2D eigenvalue weighted by molar-refractivity contribution is 0.146. The fraction of sp³-hybridized carbons (Fsp3) is 0.467. The second-order valence-electron chi connectivity index (χ2n) is 5.59. The van der Waals surface area contributed by atoms with Gasteiger partial charge in [0, 0.05) is 56.5 Å². The fourth-order valence-corrected chi connectivity index (χ4v) is 2.79. The number of hydrogen-bond acceptors (Lipinski definition) is 3. The third kappa shape index (κ3) is 2.46. The van der Waals surface area contributed by atoms with Crippen molar-refractivity contribution in [2.24, 2.45) is 7.05 Å². The number of nitrogens with two attached hydrogens (primary N) is 1. The number of hydrogen-bond donors (Lipinski definition) is 1. The first-order valence-corrected chi connectivity index (χ1v) is 6.88. The van der Waals surface area contributed by atoms with E-state index in [4.69, 9.17) is 5.73 Å². The molecule has 0 unspecified atom stereocenters. The maximum Gasteiger partial charge on any atom is 0.0500 e. The van der Waals surface area contributed by atoms with Gasteiger partial charge in [0.05, 0.1) is 5.52 Å². The summed E-state index contributed by atoms with van der Waals surface area (Å²) < 4.78 is 2.27. The quantitative estimate of drug-likeness (QED) is 0.830. The molecule has 1 saturated heterocycles. The number of nitrogens with zero attached hydrogens (tertiary/aromatic N) is 3. The lowest BCUT2D eigenvalue weighted by Crippen LogP contribution is -2.44. The second-order valence-corrected chi connectivity index (χ2v) is 5.59. The topological polar surface area (TPSA) is 37.4 Å². The molecule has 4 nitrogen and oxygen atoms in total. The van der Waals surface area contributed by atoms with E-state index in [1.807, 2.05) is 6.07 Å². The monoisotopic (exact) mass is 258 g/mol. The molecule has 0 spiro atoms. The second kappa shape index (κ2) is 4.87. The predicted octanol–water partition coefficient (Wildman–Crippen LogP) is 1.51. The van der Waals surface area contributed by atoms with Gasteiger partial charge in [0.25, 0.3) is 0 Å². The summed E-state index contributed by atoms with van der Waals surface area (Å²) in [4.78, 5) is 4.91. The first-order chi connectivity index (χ1) is 9.13. The minimum absolute atomic E-state index is 0.833. The molecule has 0 bridgehead atoms. The Hall–Kier alpha value is -1.52. The van der Waals surface area contributed by atoms with E-state index in [0.29, 0.717) is 0 Å². The zero-order chi connectivity index (χ0) is 13.4. The van der Waals surface area contributed by atoms with Gasteiger partial charge >= 0.3 is 0 Å². The molecule has 2 aromatic rings. The van der Waals surface area contributed by atoms with E-state index in [1.165, 1.54) is 16.6 Å². The molecule has 102 valence electrons. The summed E-state index contributed by atoms with van der Waals surface area (Å²) in [5, 5.41) is 1.28. The maximum atomic E-state index is 5.87. The molecule has 1 aromatic heterocycles. The van der Waals surface area contributed by atoms with Crippen molar-refractivity contribution in [3.8, 4) is 0 Å². The molecule has 0 radical (unpaired) electrons. The summed E-state index contributed by atoms with van der Waals surface area (Å²) in [6.07, 6.45) is 0. The van der Waals surface area contributed by atoms with E-state index in [9.17, 15) is 0 Å². The molecule has 0 atom stereocenters. The van der Waals surface area contributed by atoms with Gasteiger partial charge in [-0.2, -0.15) is 0 Å². The van der Waals surface area contributed by atoms with E-state index in [-0.39, 0.29) is 0 Å². The minimum Gasteiger partial charge on any atom is -0.399 e. The molecule has 1 fully saturated rings. The maximum absolute atomic E-state index is 5.87. The molecule has 3 rings (SSSR count). The minimum atomic E-state index is 0.833. The van der Waals surface area contributed by atoms with E-state index >= 15 is 0 Å². The Morgan fingerprint density at radius 3 is 2.53 bits per heavy atom. The van der Waals surface area contributed by atoms with Crippen molar-refractivity contribution in [3.05, 3.63) is 30.0 Å². The zero-order valence-electron chi connectivity index (χ0n) is 11.8. The summed E-state index contributed by atoms with van der Waals surface area (Å²) in [6, 6.07) is 8.43. The number of anilines is 1. The van der Waals surface area contributed by atoms with Crippen molar-refractivity contribution in [2.45, 2.75) is 6.54 Å². The van der Waals surface area contributed by atoms with Crippen LogP contribution in [0.25, 0.3) is 10.9 Å². The Labute approximate surface area is 114 Å². The highest BCUT2D eigenvalue weighted by atomic mass is 15.2. The van der Waals surface area contributed by atoms with Gasteiger partial charge in [0.2, 0.25) is 0 Å². The number of piperazine rings is 1. The Balaban J connectivity index is 1.83. The molecule has 0 saturated carbocycles. The Bertz CT molecular complexity index is 579. The third-order valence-electron chi connectivity index (χ3n) is 4.15. The van der Waals surface area contributed by atoms with Gasteiger partial charge < -0.3 is 15.2 Å². The smallest absolute Gasteiger partial charge is 0.0500 e. The molecule has 1 aromatic carbocycles. The van der Waals surface area contributed by atoms with Gasteiger partial charge in [0.15, 0.2) is 0 Å². The molecule has 0 amide bonds. The average molecular weight is 258 g/mol. The van der Waals surface area contributed by atoms with Gasteiger partial charge in [-0.05, 0) is 25.2 Å². The van der Waals surface area contributed by atoms with Crippen molar-refractivity contribution in [3.63, 3.8) is 0 Å². The van der Waals surface area contributed by atoms with Crippen LogP contribution >= 0.6 is 0 Å².